The average Bonchev–Trinajstić information content (AvgIpc) is 2.81. The first-order valence-corrected chi connectivity index (χ1v) is 5.72. The number of halogens is 3. The number of alkyl halides is 2. The van der Waals surface area contributed by atoms with Crippen molar-refractivity contribution >= 4 is 11.2 Å². The summed E-state index contributed by atoms with van der Waals surface area (Å²) in [7, 11) is 0. The van der Waals surface area contributed by atoms with Crippen molar-refractivity contribution < 1.29 is 13.2 Å². The summed E-state index contributed by atoms with van der Waals surface area (Å²) < 4.78 is 38.6. The van der Waals surface area contributed by atoms with Gasteiger partial charge in [-0.15, -0.1) is 0 Å². The summed E-state index contributed by atoms with van der Waals surface area (Å²) in [6, 6.07) is 2.73. The van der Waals surface area contributed by atoms with E-state index in [1.165, 1.54) is 24.5 Å². The SMILES string of the molecule is Fc1ccc(-c2cnc3c(cnn3CC(F)F)n2)nc1. The van der Waals surface area contributed by atoms with Crippen LogP contribution in [0.15, 0.2) is 30.7 Å². The predicted octanol–water partition coefficient (Wildman–Crippen LogP) is 2.29. The number of aromatic nitrogens is 5. The Morgan fingerprint density at radius 3 is 2.60 bits per heavy atom. The zero-order valence-corrected chi connectivity index (χ0v) is 10.0. The third kappa shape index (κ3) is 2.31. The van der Waals surface area contributed by atoms with Crippen molar-refractivity contribution in [1.82, 2.24) is 24.7 Å². The summed E-state index contributed by atoms with van der Waals surface area (Å²) in [5.41, 5.74) is 1.53. The minimum absolute atomic E-state index is 0.274. The van der Waals surface area contributed by atoms with Crippen LogP contribution in [0, 0.1) is 5.82 Å². The van der Waals surface area contributed by atoms with Gasteiger partial charge in [0.05, 0.1) is 24.3 Å². The highest BCUT2D eigenvalue weighted by molar-refractivity contribution is 5.72. The molecule has 102 valence electrons. The lowest BCUT2D eigenvalue weighted by atomic mass is 10.3. The maximum absolute atomic E-state index is 12.8. The second kappa shape index (κ2) is 4.87. The smallest absolute Gasteiger partial charge is 0.252 e. The normalized spacial score (nSPS) is 11.4. The first-order valence-electron chi connectivity index (χ1n) is 5.72. The van der Waals surface area contributed by atoms with Crippen LogP contribution in [0.1, 0.15) is 0 Å². The van der Waals surface area contributed by atoms with Crippen LogP contribution in [0.3, 0.4) is 0 Å². The fraction of sp³-hybridized carbons (Fsp3) is 0.167. The third-order valence-electron chi connectivity index (χ3n) is 2.64. The van der Waals surface area contributed by atoms with E-state index in [-0.39, 0.29) is 5.65 Å². The van der Waals surface area contributed by atoms with Gasteiger partial charge in [-0.3, -0.25) is 4.98 Å². The number of fused-ring (bicyclic) bond motifs is 1. The molecule has 0 aliphatic heterocycles. The third-order valence-corrected chi connectivity index (χ3v) is 2.64. The molecular formula is C12H8F3N5. The second-order valence-electron chi connectivity index (χ2n) is 4.04. The molecule has 0 aliphatic carbocycles. The van der Waals surface area contributed by atoms with Crippen molar-refractivity contribution in [3.63, 3.8) is 0 Å². The molecule has 0 atom stereocenters. The molecule has 8 heteroatoms. The topological polar surface area (TPSA) is 56.5 Å². The van der Waals surface area contributed by atoms with Gasteiger partial charge >= 0.3 is 0 Å². The summed E-state index contributed by atoms with van der Waals surface area (Å²) in [4.78, 5) is 12.2. The van der Waals surface area contributed by atoms with Gasteiger partial charge in [0.25, 0.3) is 6.43 Å². The highest BCUT2D eigenvalue weighted by Crippen LogP contribution is 2.17. The molecule has 0 aromatic carbocycles. The molecule has 0 fully saturated rings. The number of pyridine rings is 1. The van der Waals surface area contributed by atoms with Gasteiger partial charge in [0.1, 0.15) is 23.6 Å². The molecule has 0 N–H and O–H groups in total. The maximum atomic E-state index is 12.8. The zero-order chi connectivity index (χ0) is 14.1. The van der Waals surface area contributed by atoms with Crippen molar-refractivity contribution in [1.29, 1.82) is 0 Å². The van der Waals surface area contributed by atoms with Crippen LogP contribution in [-0.2, 0) is 6.54 Å². The highest BCUT2D eigenvalue weighted by atomic mass is 19.3. The molecule has 0 spiro atoms. The Hall–Kier alpha value is -2.51. The molecule has 5 nitrogen and oxygen atoms in total. The lowest BCUT2D eigenvalue weighted by molar-refractivity contribution is 0.123. The lowest BCUT2D eigenvalue weighted by Crippen LogP contribution is -2.08. The van der Waals surface area contributed by atoms with Gasteiger partial charge in [-0.1, -0.05) is 0 Å². The molecule has 0 saturated heterocycles. The molecule has 3 aromatic heterocycles. The van der Waals surface area contributed by atoms with E-state index in [1.807, 2.05) is 0 Å². The molecule has 0 amide bonds. The Balaban J connectivity index is 2.01. The fourth-order valence-corrected chi connectivity index (χ4v) is 1.78. The van der Waals surface area contributed by atoms with Crippen molar-refractivity contribution in [2.24, 2.45) is 0 Å². The zero-order valence-electron chi connectivity index (χ0n) is 10.0. The molecular weight excluding hydrogens is 271 g/mol. The summed E-state index contributed by atoms with van der Waals surface area (Å²) in [6.45, 7) is -0.535. The Morgan fingerprint density at radius 2 is 1.90 bits per heavy atom. The summed E-state index contributed by atoms with van der Waals surface area (Å²) in [6.07, 6.45) is 1.31. The first kappa shape index (κ1) is 12.5. The van der Waals surface area contributed by atoms with Gasteiger partial charge in [0, 0.05) is 0 Å². The largest absolute Gasteiger partial charge is 0.258 e. The van der Waals surface area contributed by atoms with Crippen LogP contribution in [0.5, 0.6) is 0 Å². The average molecular weight is 279 g/mol. The van der Waals surface area contributed by atoms with Gasteiger partial charge in [-0.2, -0.15) is 5.10 Å². The van der Waals surface area contributed by atoms with Crippen LogP contribution in [-0.4, -0.2) is 31.2 Å². The minimum atomic E-state index is -2.52. The van der Waals surface area contributed by atoms with E-state index in [2.05, 4.69) is 20.1 Å². The second-order valence-corrected chi connectivity index (χ2v) is 4.04. The Bertz CT molecular complexity index is 738. The summed E-state index contributed by atoms with van der Waals surface area (Å²) in [5, 5.41) is 3.82. The van der Waals surface area contributed by atoms with E-state index in [1.54, 1.807) is 0 Å². The monoisotopic (exact) mass is 279 g/mol. The Morgan fingerprint density at radius 1 is 1.05 bits per heavy atom. The molecule has 3 aromatic rings. The van der Waals surface area contributed by atoms with E-state index in [0.29, 0.717) is 16.9 Å². The van der Waals surface area contributed by atoms with Gasteiger partial charge in [0.2, 0.25) is 0 Å². The van der Waals surface area contributed by atoms with Crippen LogP contribution in [0.25, 0.3) is 22.6 Å². The van der Waals surface area contributed by atoms with Crippen LogP contribution in [0.4, 0.5) is 13.2 Å². The molecule has 0 bridgehead atoms. The first-order chi connectivity index (χ1) is 9.63. The van der Waals surface area contributed by atoms with Gasteiger partial charge in [-0.05, 0) is 12.1 Å². The predicted molar refractivity (Wildman–Crippen MR) is 64.5 cm³/mol. The standard InChI is InChI=1S/C12H8F3N5/c13-7-1-2-8(16-3-7)9-4-17-12-10(19-9)5-18-20(12)6-11(14)15/h1-5,11H,6H2. The van der Waals surface area contributed by atoms with Crippen LogP contribution >= 0.6 is 0 Å². The molecule has 3 heterocycles. The van der Waals surface area contributed by atoms with Gasteiger partial charge in [-0.25, -0.2) is 27.8 Å². The fourth-order valence-electron chi connectivity index (χ4n) is 1.78. The van der Waals surface area contributed by atoms with E-state index < -0.39 is 18.8 Å². The van der Waals surface area contributed by atoms with Crippen molar-refractivity contribution in [3.8, 4) is 11.4 Å². The molecule has 0 aliphatic rings. The number of hydrogen-bond acceptors (Lipinski definition) is 4. The summed E-state index contributed by atoms with van der Waals surface area (Å²) >= 11 is 0. The lowest BCUT2D eigenvalue weighted by Gasteiger charge is -2.02. The Kier molecular flexibility index (Phi) is 3.05. The van der Waals surface area contributed by atoms with Crippen LogP contribution in [0.2, 0.25) is 0 Å². The quantitative estimate of drug-likeness (QED) is 0.738. The molecule has 0 unspecified atom stereocenters. The molecule has 3 rings (SSSR count). The van der Waals surface area contributed by atoms with E-state index in [4.69, 9.17) is 0 Å². The van der Waals surface area contributed by atoms with Gasteiger partial charge < -0.3 is 0 Å². The number of nitrogens with zero attached hydrogens (tertiary/aromatic N) is 5. The van der Waals surface area contributed by atoms with Crippen LogP contribution < -0.4 is 0 Å². The van der Waals surface area contributed by atoms with Crippen molar-refractivity contribution in [3.05, 3.63) is 36.5 Å². The summed E-state index contributed by atoms with van der Waals surface area (Å²) in [5.74, 6) is -0.451. The number of hydrogen-bond donors (Lipinski definition) is 0. The van der Waals surface area contributed by atoms with Gasteiger partial charge in [0.15, 0.2) is 5.65 Å². The Labute approximate surface area is 111 Å². The highest BCUT2D eigenvalue weighted by Gasteiger charge is 2.12. The van der Waals surface area contributed by atoms with E-state index in [0.717, 1.165) is 10.9 Å². The minimum Gasteiger partial charge on any atom is -0.252 e. The van der Waals surface area contributed by atoms with E-state index in [9.17, 15) is 13.2 Å². The van der Waals surface area contributed by atoms with Crippen molar-refractivity contribution in [2.45, 2.75) is 13.0 Å². The van der Waals surface area contributed by atoms with E-state index >= 15 is 0 Å². The van der Waals surface area contributed by atoms with Crippen molar-refractivity contribution in [2.75, 3.05) is 0 Å². The molecule has 0 radical (unpaired) electrons. The number of rotatable bonds is 3. The molecule has 20 heavy (non-hydrogen) atoms. The maximum Gasteiger partial charge on any atom is 0.258 e. The molecule has 0 saturated carbocycles.